The van der Waals surface area contributed by atoms with Crippen molar-refractivity contribution in [2.75, 3.05) is 0 Å². The summed E-state index contributed by atoms with van der Waals surface area (Å²) in [5, 5.41) is 0.453. The van der Waals surface area contributed by atoms with Crippen molar-refractivity contribution in [2.24, 2.45) is 14.1 Å². The van der Waals surface area contributed by atoms with Gasteiger partial charge < -0.3 is 0 Å². The first-order valence-electron chi connectivity index (χ1n) is 8.88. The summed E-state index contributed by atoms with van der Waals surface area (Å²) in [7, 11) is 3.09. The number of fused-ring (bicyclic) bond motifs is 1. The van der Waals surface area contributed by atoms with E-state index in [4.69, 9.17) is 0 Å². The highest BCUT2D eigenvalue weighted by Crippen LogP contribution is 2.31. The second-order valence-corrected chi connectivity index (χ2v) is 7.52. The number of hydrogen-bond acceptors (Lipinski definition) is 4. The average Bonchev–Trinajstić information content (AvgIpc) is 2.67. The molecule has 0 bridgehead atoms. The average molecular weight is 387 g/mol. The Labute approximate surface area is 160 Å². The molecule has 0 fully saturated rings. The van der Waals surface area contributed by atoms with E-state index in [9.17, 15) is 14.0 Å². The van der Waals surface area contributed by atoms with Crippen LogP contribution in [0.5, 0.6) is 0 Å². The summed E-state index contributed by atoms with van der Waals surface area (Å²) in [4.78, 5) is 30.3. The number of benzene rings is 1. The summed E-state index contributed by atoms with van der Waals surface area (Å²) < 4.78 is 16.0. The number of halogens is 1. The van der Waals surface area contributed by atoms with Crippen molar-refractivity contribution in [1.82, 2.24) is 14.1 Å². The van der Waals surface area contributed by atoms with Gasteiger partial charge in [-0.2, -0.15) is 0 Å². The molecule has 0 amide bonds. The molecule has 3 aromatic rings. The van der Waals surface area contributed by atoms with Crippen molar-refractivity contribution in [3.63, 3.8) is 0 Å². The van der Waals surface area contributed by atoms with Gasteiger partial charge in [-0.1, -0.05) is 25.5 Å². The van der Waals surface area contributed by atoms with E-state index < -0.39 is 5.69 Å². The van der Waals surface area contributed by atoms with Crippen molar-refractivity contribution in [1.29, 1.82) is 0 Å². The number of nitrogens with zero attached hydrogens (tertiary/aromatic N) is 3. The minimum Gasteiger partial charge on any atom is -0.280 e. The zero-order valence-corrected chi connectivity index (χ0v) is 16.5. The molecule has 0 saturated heterocycles. The zero-order valence-electron chi connectivity index (χ0n) is 15.7. The Hall–Kier alpha value is -2.41. The number of rotatable bonds is 6. The predicted octanol–water partition coefficient (Wildman–Crippen LogP) is 3.41. The minimum atomic E-state index is -0.401. The van der Waals surface area contributed by atoms with E-state index in [0.29, 0.717) is 16.8 Å². The van der Waals surface area contributed by atoms with Crippen LogP contribution in [-0.2, 0) is 26.3 Å². The summed E-state index contributed by atoms with van der Waals surface area (Å²) in [5.74, 6) is 0.249. The minimum absolute atomic E-state index is 0.280. The normalized spacial score (nSPS) is 11.3. The monoisotopic (exact) mass is 387 g/mol. The molecule has 7 heteroatoms. The van der Waals surface area contributed by atoms with Crippen molar-refractivity contribution in [3.8, 4) is 0 Å². The molecular formula is C20H22FN3O2S. The van der Waals surface area contributed by atoms with Crippen LogP contribution in [0.4, 0.5) is 4.39 Å². The summed E-state index contributed by atoms with van der Waals surface area (Å²) in [6, 6.07) is 6.44. The predicted molar refractivity (Wildman–Crippen MR) is 107 cm³/mol. The molecule has 0 aliphatic heterocycles. The lowest BCUT2D eigenvalue weighted by molar-refractivity contribution is 0.626. The highest BCUT2D eigenvalue weighted by atomic mass is 32.2. The molecule has 27 heavy (non-hydrogen) atoms. The Bertz CT molecular complexity index is 1100. The van der Waals surface area contributed by atoms with Gasteiger partial charge in [0.1, 0.15) is 11.5 Å². The lowest BCUT2D eigenvalue weighted by Gasteiger charge is -2.14. The van der Waals surface area contributed by atoms with E-state index in [1.807, 2.05) is 6.07 Å². The maximum absolute atomic E-state index is 13.5. The van der Waals surface area contributed by atoms with E-state index >= 15 is 0 Å². The van der Waals surface area contributed by atoms with Gasteiger partial charge in [0.15, 0.2) is 0 Å². The van der Waals surface area contributed by atoms with Crippen molar-refractivity contribution >= 4 is 22.8 Å². The van der Waals surface area contributed by atoms with Crippen LogP contribution in [-0.4, -0.2) is 14.1 Å². The molecule has 0 N–H and O–H groups in total. The van der Waals surface area contributed by atoms with Gasteiger partial charge in [-0.25, -0.2) is 14.2 Å². The van der Waals surface area contributed by atoms with Crippen LogP contribution in [0.2, 0.25) is 0 Å². The third kappa shape index (κ3) is 3.83. The Morgan fingerprint density at radius 2 is 1.96 bits per heavy atom. The van der Waals surface area contributed by atoms with Gasteiger partial charge in [-0.05, 0) is 36.1 Å². The van der Waals surface area contributed by atoms with Gasteiger partial charge in [-0.15, -0.1) is 11.8 Å². The first-order valence-corrected chi connectivity index (χ1v) is 9.87. The fraction of sp³-hybridized carbons (Fsp3) is 0.350. The number of hydrogen-bond donors (Lipinski definition) is 0. The first kappa shape index (κ1) is 19.4. The molecule has 2 heterocycles. The quantitative estimate of drug-likeness (QED) is 0.608. The number of aromatic nitrogens is 3. The highest BCUT2D eigenvalue weighted by Gasteiger charge is 2.17. The van der Waals surface area contributed by atoms with Gasteiger partial charge in [-0.3, -0.25) is 13.9 Å². The Balaban J connectivity index is 2.16. The molecule has 1 aromatic carbocycles. The summed E-state index contributed by atoms with van der Waals surface area (Å²) in [6.45, 7) is 2.11. The number of thioether (sulfide) groups is 1. The van der Waals surface area contributed by atoms with Crippen molar-refractivity contribution < 1.29 is 4.39 Å². The van der Waals surface area contributed by atoms with E-state index in [1.54, 1.807) is 19.3 Å². The SMILES string of the molecule is CCCCc1cnc2c(c1SCc1cccc(F)c1)c(=O)n(C)c(=O)n2C. The number of aryl methyl sites for hydroxylation is 2. The van der Waals surface area contributed by atoms with Crippen LogP contribution >= 0.6 is 11.8 Å². The van der Waals surface area contributed by atoms with Gasteiger partial charge in [0, 0.05) is 30.9 Å². The van der Waals surface area contributed by atoms with Gasteiger partial charge in [0.2, 0.25) is 0 Å². The second-order valence-electron chi connectivity index (χ2n) is 6.54. The summed E-state index contributed by atoms with van der Waals surface area (Å²) >= 11 is 1.49. The molecule has 0 saturated carbocycles. The fourth-order valence-corrected chi connectivity index (χ4v) is 4.19. The van der Waals surface area contributed by atoms with Crippen LogP contribution in [0.3, 0.4) is 0 Å². The third-order valence-corrected chi connectivity index (χ3v) is 5.80. The van der Waals surface area contributed by atoms with Crippen LogP contribution in [0.1, 0.15) is 30.9 Å². The van der Waals surface area contributed by atoms with Crippen LogP contribution < -0.4 is 11.2 Å². The maximum Gasteiger partial charge on any atom is 0.332 e. The molecule has 142 valence electrons. The number of unbranched alkanes of at least 4 members (excludes halogenated alkanes) is 1. The van der Waals surface area contributed by atoms with Gasteiger partial charge in [0.05, 0.1) is 5.39 Å². The molecule has 0 atom stereocenters. The standard InChI is InChI=1S/C20H22FN3O2S/c1-4-5-8-14-11-22-18-16(19(25)24(3)20(26)23(18)2)17(14)27-12-13-7-6-9-15(21)10-13/h6-7,9-11H,4-5,8,12H2,1-3H3. The summed E-state index contributed by atoms with van der Waals surface area (Å²) in [5.41, 5.74) is 1.46. The van der Waals surface area contributed by atoms with E-state index in [2.05, 4.69) is 11.9 Å². The highest BCUT2D eigenvalue weighted by molar-refractivity contribution is 7.98. The second kappa shape index (κ2) is 8.08. The third-order valence-electron chi connectivity index (χ3n) is 4.57. The molecule has 2 aromatic heterocycles. The summed E-state index contributed by atoms with van der Waals surface area (Å²) in [6.07, 6.45) is 4.56. The molecule has 5 nitrogen and oxygen atoms in total. The number of pyridine rings is 1. The van der Waals surface area contributed by atoms with Crippen LogP contribution in [0.25, 0.3) is 11.0 Å². The first-order chi connectivity index (χ1) is 12.9. The molecule has 0 radical (unpaired) electrons. The van der Waals surface area contributed by atoms with Crippen LogP contribution in [0.15, 0.2) is 44.9 Å². The largest absolute Gasteiger partial charge is 0.332 e. The molecule has 0 unspecified atom stereocenters. The van der Waals surface area contributed by atoms with Crippen molar-refractivity contribution in [2.45, 2.75) is 36.8 Å². The fourth-order valence-electron chi connectivity index (χ4n) is 3.03. The smallest absolute Gasteiger partial charge is 0.280 e. The van der Waals surface area contributed by atoms with E-state index in [0.717, 1.165) is 39.9 Å². The van der Waals surface area contributed by atoms with Crippen molar-refractivity contribution in [3.05, 3.63) is 68.2 Å². The Kier molecular flexibility index (Phi) is 5.79. The Morgan fingerprint density at radius 1 is 1.19 bits per heavy atom. The molecular weight excluding hydrogens is 365 g/mol. The lowest BCUT2D eigenvalue weighted by Crippen LogP contribution is -2.37. The van der Waals surface area contributed by atoms with E-state index in [1.165, 1.54) is 35.5 Å². The maximum atomic E-state index is 13.5. The molecule has 0 aliphatic carbocycles. The lowest BCUT2D eigenvalue weighted by atomic mass is 10.1. The van der Waals surface area contributed by atoms with E-state index in [-0.39, 0.29) is 11.4 Å². The van der Waals surface area contributed by atoms with Crippen LogP contribution in [0, 0.1) is 5.82 Å². The molecule has 3 rings (SSSR count). The topological polar surface area (TPSA) is 56.9 Å². The molecule has 0 spiro atoms. The van der Waals surface area contributed by atoms with Gasteiger partial charge >= 0.3 is 5.69 Å². The Morgan fingerprint density at radius 3 is 2.67 bits per heavy atom. The van der Waals surface area contributed by atoms with Gasteiger partial charge in [0.25, 0.3) is 5.56 Å². The molecule has 0 aliphatic rings. The zero-order chi connectivity index (χ0) is 19.6.